The van der Waals surface area contributed by atoms with E-state index in [1.54, 1.807) is 11.0 Å². The Morgan fingerprint density at radius 2 is 2.00 bits per heavy atom. The largest absolute Gasteiger partial charge is 0.486 e. The highest BCUT2D eigenvalue weighted by molar-refractivity contribution is 5.91. The molecular weight excluding hydrogens is 294 g/mol. The third-order valence-corrected chi connectivity index (χ3v) is 3.66. The van der Waals surface area contributed by atoms with Crippen molar-refractivity contribution in [3.63, 3.8) is 0 Å². The van der Waals surface area contributed by atoms with Crippen LogP contribution in [0.2, 0.25) is 0 Å². The standard InChI is InChI=1S/C17H25N3O3/c1-17(2,3)23-14-9-5-4-8-13(14)19-16(22)20-10-6-7-12(11-20)15(18)21/h4-5,8-9,12H,6-7,10-11H2,1-3H3,(H2,18,21)(H,19,22). The molecule has 3 amide bonds. The Hall–Kier alpha value is -2.24. The summed E-state index contributed by atoms with van der Waals surface area (Å²) in [6.07, 6.45) is 1.52. The molecule has 3 N–H and O–H groups in total. The van der Waals surface area contributed by atoms with Gasteiger partial charge in [0, 0.05) is 13.1 Å². The number of piperidine rings is 1. The van der Waals surface area contributed by atoms with E-state index < -0.39 is 0 Å². The fraction of sp³-hybridized carbons (Fsp3) is 0.529. The number of para-hydroxylation sites is 2. The van der Waals surface area contributed by atoms with Gasteiger partial charge in [0.25, 0.3) is 0 Å². The molecule has 0 spiro atoms. The van der Waals surface area contributed by atoms with E-state index in [-0.39, 0.29) is 23.5 Å². The predicted molar refractivity (Wildman–Crippen MR) is 89.3 cm³/mol. The molecule has 0 aromatic heterocycles. The minimum absolute atomic E-state index is 0.235. The lowest BCUT2D eigenvalue weighted by atomic mass is 9.98. The summed E-state index contributed by atoms with van der Waals surface area (Å²) in [6, 6.07) is 7.09. The number of nitrogens with one attached hydrogen (secondary N) is 1. The Morgan fingerprint density at radius 3 is 2.65 bits per heavy atom. The zero-order valence-electron chi connectivity index (χ0n) is 14.0. The van der Waals surface area contributed by atoms with Crippen LogP contribution in [0.15, 0.2) is 24.3 Å². The van der Waals surface area contributed by atoms with Crippen LogP contribution in [-0.4, -0.2) is 35.5 Å². The molecule has 23 heavy (non-hydrogen) atoms. The summed E-state index contributed by atoms with van der Waals surface area (Å²) in [5, 5.41) is 2.87. The molecule has 1 fully saturated rings. The van der Waals surface area contributed by atoms with E-state index in [2.05, 4.69) is 5.32 Å². The number of likely N-dealkylation sites (tertiary alicyclic amines) is 1. The first-order valence-electron chi connectivity index (χ1n) is 7.89. The second-order valence-corrected chi connectivity index (χ2v) is 6.83. The number of hydrogen-bond donors (Lipinski definition) is 2. The SMILES string of the molecule is CC(C)(C)Oc1ccccc1NC(=O)N1CCCC(C(N)=O)C1. The van der Waals surface area contributed by atoms with E-state index >= 15 is 0 Å². The number of primary amides is 1. The molecule has 1 aromatic rings. The molecule has 0 bridgehead atoms. The number of carbonyl (C=O) groups excluding carboxylic acids is 2. The topological polar surface area (TPSA) is 84.7 Å². The van der Waals surface area contributed by atoms with E-state index in [1.165, 1.54) is 0 Å². The summed E-state index contributed by atoms with van der Waals surface area (Å²) in [7, 11) is 0. The van der Waals surface area contributed by atoms with Gasteiger partial charge in [0.05, 0.1) is 11.6 Å². The Bertz CT molecular complexity index is 581. The molecule has 1 saturated heterocycles. The molecule has 0 saturated carbocycles. The average Bonchev–Trinajstić information content (AvgIpc) is 2.48. The number of anilines is 1. The van der Waals surface area contributed by atoms with Gasteiger partial charge in [-0.25, -0.2) is 4.79 Å². The highest BCUT2D eigenvalue weighted by Crippen LogP contribution is 2.28. The van der Waals surface area contributed by atoms with Gasteiger partial charge in [-0.3, -0.25) is 4.79 Å². The monoisotopic (exact) mass is 319 g/mol. The first-order valence-corrected chi connectivity index (χ1v) is 7.89. The number of amides is 3. The van der Waals surface area contributed by atoms with Gasteiger partial charge in [0.2, 0.25) is 5.91 Å². The molecule has 126 valence electrons. The van der Waals surface area contributed by atoms with Crippen molar-refractivity contribution in [3.05, 3.63) is 24.3 Å². The summed E-state index contributed by atoms with van der Waals surface area (Å²) in [5.41, 5.74) is 5.62. The molecule has 1 aromatic carbocycles. The minimum atomic E-state index is -0.358. The van der Waals surface area contributed by atoms with Crippen LogP contribution in [0, 0.1) is 5.92 Å². The van der Waals surface area contributed by atoms with Crippen LogP contribution in [0.1, 0.15) is 33.6 Å². The number of nitrogens with zero attached hydrogens (tertiary/aromatic N) is 1. The minimum Gasteiger partial charge on any atom is -0.486 e. The van der Waals surface area contributed by atoms with Crippen LogP contribution >= 0.6 is 0 Å². The maximum absolute atomic E-state index is 12.5. The van der Waals surface area contributed by atoms with Gasteiger partial charge in [-0.2, -0.15) is 0 Å². The molecule has 1 heterocycles. The van der Waals surface area contributed by atoms with Gasteiger partial charge in [-0.15, -0.1) is 0 Å². The molecule has 6 nitrogen and oxygen atoms in total. The van der Waals surface area contributed by atoms with Gasteiger partial charge in [-0.1, -0.05) is 12.1 Å². The first-order chi connectivity index (χ1) is 10.8. The number of ether oxygens (including phenoxy) is 1. The van der Waals surface area contributed by atoms with Crippen LogP contribution in [-0.2, 0) is 4.79 Å². The zero-order valence-corrected chi connectivity index (χ0v) is 14.0. The lowest BCUT2D eigenvalue weighted by Gasteiger charge is -2.31. The average molecular weight is 319 g/mol. The maximum atomic E-state index is 12.5. The highest BCUT2D eigenvalue weighted by atomic mass is 16.5. The highest BCUT2D eigenvalue weighted by Gasteiger charge is 2.27. The van der Waals surface area contributed by atoms with Crippen molar-refractivity contribution in [2.45, 2.75) is 39.2 Å². The number of rotatable bonds is 3. The number of nitrogens with two attached hydrogens (primary N) is 1. The van der Waals surface area contributed by atoms with Crippen LogP contribution in [0.3, 0.4) is 0 Å². The number of carbonyl (C=O) groups is 2. The molecule has 1 aliphatic rings. The first kappa shape index (κ1) is 17.1. The van der Waals surface area contributed by atoms with Gasteiger partial charge >= 0.3 is 6.03 Å². The van der Waals surface area contributed by atoms with Crippen LogP contribution < -0.4 is 15.8 Å². The molecule has 1 atom stereocenters. The van der Waals surface area contributed by atoms with Gasteiger partial charge in [0.1, 0.15) is 11.4 Å². The predicted octanol–water partition coefficient (Wildman–Crippen LogP) is 2.59. The second-order valence-electron chi connectivity index (χ2n) is 6.83. The Kier molecular flexibility index (Phi) is 5.13. The van der Waals surface area contributed by atoms with Crippen molar-refractivity contribution >= 4 is 17.6 Å². The molecular formula is C17H25N3O3. The molecule has 1 aliphatic heterocycles. The van der Waals surface area contributed by atoms with E-state index in [0.29, 0.717) is 24.5 Å². The van der Waals surface area contributed by atoms with E-state index in [9.17, 15) is 9.59 Å². The number of urea groups is 1. The third kappa shape index (κ3) is 4.87. The quantitative estimate of drug-likeness (QED) is 0.898. The van der Waals surface area contributed by atoms with Crippen LogP contribution in [0.4, 0.5) is 10.5 Å². The van der Waals surface area contributed by atoms with E-state index in [0.717, 1.165) is 12.8 Å². The number of hydrogen-bond acceptors (Lipinski definition) is 3. The second kappa shape index (κ2) is 6.89. The Balaban J connectivity index is 2.07. The van der Waals surface area contributed by atoms with Crippen molar-refractivity contribution in [1.29, 1.82) is 0 Å². The lowest BCUT2D eigenvalue weighted by molar-refractivity contribution is -0.123. The van der Waals surface area contributed by atoms with Gasteiger partial charge in [-0.05, 0) is 45.7 Å². The van der Waals surface area contributed by atoms with Crippen molar-refractivity contribution in [2.75, 3.05) is 18.4 Å². The summed E-state index contributed by atoms with van der Waals surface area (Å²) < 4.78 is 5.87. The van der Waals surface area contributed by atoms with Gasteiger partial charge in [0.15, 0.2) is 0 Å². The van der Waals surface area contributed by atoms with Crippen molar-refractivity contribution in [1.82, 2.24) is 4.90 Å². The molecule has 0 aliphatic carbocycles. The summed E-state index contributed by atoms with van der Waals surface area (Å²) in [4.78, 5) is 25.4. The normalized spacial score (nSPS) is 18.4. The fourth-order valence-corrected chi connectivity index (χ4v) is 2.58. The molecule has 2 rings (SSSR count). The Labute approximate surface area is 137 Å². The van der Waals surface area contributed by atoms with Crippen LogP contribution in [0.5, 0.6) is 5.75 Å². The molecule has 6 heteroatoms. The third-order valence-electron chi connectivity index (χ3n) is 3.66. The summed E-state index contributed by atoms with van der Waals surface area (Å²) >= 11 is 0. The van der Waals surface area contributed by atoms with E-state index in [1.807, 2.05) is 39.0 Å². The fourth-order valence-electron chi connectivity index (χ4n) is 2.58. The number of benzene rings is 1. The van der Waals surface area contributed by atoms with Gasteiger partial charge < -0.3 is 20.7 Å². The molecule has 1 unspecified atom stereocenters. The molecule has 0 radical (unpaired) electrons. The Morgan fingerprint density at radius 1 is 1.30 bits per heavy atom. The lowest BCUT2D eigenvalue weighted by Crippen LogP contribution is -2.45. The summed E-state index contributed by atoms with van der Waals surface area (Å²) in [6.45, 7) is 6.84. The van der Waals surface area contributed by atoms with Crippen molar-refractivity contribution in [3.8, 4) is 5.75 Å². The summed E-state index contributed by atoms with van der Waals surface area (Å²) in [5.74, 6) is 0.00588. The van der Waals surface area contributed by atoms with Crippen molar-refractivity contribution in [2.24, 2.45) is 11.7 Å². The zero-order chi connectivity index (χ0) is 17.0. The maximum Gasteiger partial charge on any atom is 0.321 e. The van der Waals surface area contributed by atoms with Crippen molar-refractivity contribution < 1.29 is 14.3 Å². The smallest absolute Gasteiger partial charge is 0.321 e. The van der Waals surface area contributed by atoms with Crippen LogP contribution in [0.25, 0.3) is 0 Å². The van der Waals surface area contributed by atoms with E-state index in [4.69, 9.17) is 10.5 Å².